The molecule has 1 aliphatic rings. The topological polar surface area (TPSA) is 41.5 Å². The van der Waals surface area contributed by atoms with Gasteiger partial charge in [-0.15, -0.1) is 0 Å². The van der Waals surface area contributed by atoms with Crippen molar-refractivity contribution in [3.05, 3.63) is 65.2 Å². The van der Waals surface area contributed by atoms with Gasteiger partial charge in [0.2, 0.25) is 5.91 Å². The molecule has 0 spiro atoms. The summed E-state index contributed by atoms with van der Waals surface area (Å²) in [6.45, 7) is 0. The van der Waals surface area contributed by atoms with Gasteiger partial charge >= 0.3 is 0 Å². The molecule has 0 unspecified atom stereocenters. The normalized spacial score (nSPS) is 19.8. The Bertz CT molecular complexity index is 688. The third-order valence-corrected chi connectivity index (χ3v) is 4.52. The zero-order valence-electron chi connectivity index (χ0n) is 11.1. The van der Waals surface area contributed by atoms with Crippen molar-refractivity contribution in [2.45, 2.75) is 11.7 Å². The molecule has 0 aliphatic carbocycles. The van der Waals surface area contributed by atoms with Gasteiger partial charge in [0.15, 0.2) is 5.17 Å². The van der Waals surface area contributed by atoms with Gasteiger partial charge in [-0.1, -0.05) is 65.8 Å². The van der Waals surface area contributed by atoms with Crippen LogP contribution >= 0.6 is 23.4 Å². The fourth-order valence-electron chi connectivity index (χ4n) is 2.07. The highest BCUT2D eigenvalue weighted by atomic mass is 35.5. The zero-order valence-corrected chi connectivity index (χ0v) is 12.7. The molecular weight excluding hydrogens is 304 g/mol. The van der Waals surface area contributed by atoms with Crippen LogP contribution in [-0.2, 0) is 11.2 Å². The summed E-state index contributed by atoms with van der Waals surface area (Å²) >= 11 is 7.52. The average molecular weight is 317 g/mol. The van der Waals surface area contributed by atoms with Crippen LogP contribution in [0.5, 0.6) is 0 Å². The summed E-state index contributed by atoms with van der Waals surface area (Å²) < 4.78 is 0. The fourth-order valence-corrected chi connectivity index (χ4v) is 3.27. The molecule has 1 aliphatic heterocycles. The lowest BCUT2D eigenvalue weighted by Gasteiger charge is -2.04. The monoisotopic (exact) mass is 316 g/mol. The molecule has 1 N–H and O–H groups in total. The molecule has 1 saturated heterocycles. The number of benzene rings is 2. The Morgan fingerprint density at radius 2 is 1.81 bits per heavy atom. The largest absolute Gasteiger partial charge is 0.304 e. The third-order valence-electron chi connectivity index (χ3n) is 3.11. The molecule has 1 amide bonds. The number of para-hydroxylation sites is 1. The van der Waals surface area contributed by atoms with Crippen LogP contribution < -0.4 is 5.32 Å². The minimum absolute atomic E-state index is 0.00495. The Hall–Kier alpha value is -1.78. The number of amidine groups is 1. The number of carbonyl (C=O) groups excluding carboxylic acids is 1. The highest BCUT2D eigenvalue weighted by Gasteiger charge is 2.30. The molecule has 2 aromatic carbocycles. The average Bonchev–Trinajstić information content (AvgIpc) is 2.82. The summed E-state index contributed by atoms with van der Waals surface area (Å²) in [6.07, 6.45) is 0.693. The van der Waals surface area contributed by atoms with E-state index in [0.717, 1.165) is 5.56 Å². The molecule has 21 heavy (non-hydrogen) atoms. The number of rotatable bonds is 3. The molecule has 1 heterocycles. The Morgan fingerprint density at radius 3 is 2.57 bits per heavy atom. The summed E-state index contributed by atoms with van der Waals surface area (Å²) in [7, 11) is 0. The maximum atomic E-state index is 12.0. The fraction of sp³-hybridized carbons (Fsp3) is 0.125. The molecule has 1 atom stereocenters. The Kier molecular flexibility index (Phi) is 4.27. The number of aliphatic imine (C=N–C) groups is 1. The lowest BCUT2D eigenvalue weighted by atomic mass is 10.1. The van der Waals surface area contributed by atoms with Crippen LogP contribution in [0.2, 0.25) is 5.02 Å². The van der Waals surface area contributed by atoms with Crippen LogP contribution in [0, 0.1) is 0 Å². The first-order valence-corrected chi connectivity index (χ1v) is 7.83. The Labute approximate surface area is 132 Å². The van der Waals surface area contributed by atoms with Crippen molar-refractivity contribution in [3.8, 4) is 0 Å². The summed E-state index contributed by atoms with van der Waals surface area (Å²) in [6, 6.07) is 17.3. The van der Waals surface area contributed by atoms with Crippen LogP contribution in [0.3, 0.4) is 0 Å². The van der Waals surface area contributed by atoms with E-state index < -0.39 is 0 Å². The molecule has 0 bridgehead atoms. The van der Waals surface area contributed by atoms with E-state index in [-0.39, 0.29) is 11.2 Å². The van der Waals surface area contributed by atoms with E-state index in [4.69, 9.17) is 11.6 Å². The van der Waals surface area contributed by atoms with Crippen molar-refractivity contribution in [1.82, 2.24) is 5.32 Å². The first-order chi connectivity index (χ1) is 10.2. The number of hydrogen-bond acceptors (Lipinski definition) is 3. The van der Waals surface area contributed by atoms with E-state index in [9.17, 15) is 4.79 Å². The predicted molar refractivity (Wildman–Crippen MR) is 88.2 cm³/mol. The summed E-state index contributed by atoms with van der Waals surface area (Å²) in [5.74, 6) is -0.00495. The Balaban J connectivity index is 1.74. The summed E-state index contributed by atoms with van der Waals surface area (Å²) in [5, 5.41) is 3.85. The summed E-state index contributed by atoms with van der Waals surface area (Å²) in [4.78, 5) is 16.4. The van der Waals surface area contributed by atoms with Gasteiger partial charge in [-0.2, -0.15) is 0 Å². The minimum atomic E-state index is -0.145. The lowest BCUT2D eigenvalue weighted by Crippen LogP contribution is -2.25. The maximum absolute atomic E-state index is 12.0. The second-order valence-electron chi connectivity index (χ2n) is 4.65. The molecular formula is C16H13ClN2OS. The molecule has 5 heteroatoms. The van der Waals surface area contributed by atoms with Crippen molar-refractivity contribution in [2.75, 3.05) is 0 Å². The molecule has 0 saturated carbocycles. The number of carbonyl (C=O) groups is 1. The highest BCUT2D eigenvalue weighted by Crippen LogP contribution is 2.29. The first-order valence-electron chi connectivity index (χ1n) is 6.57. The van der Waals surface area contributed by atoms with Gasteiger partial charge in [-0.25, -0.2) is 4.99 Å². The van der Waals surface area contributed by atoms with Crippen LogP contribution in [-0.4, -0.2) is 16.3 Å². The van der Waals surface area contributed by atoms with Gasteiger partial charge in [0.1, 0.15) is 0 Å². The molecule has 106 valence electrons. The van der Waals surface area contributed by atoms with Gasteiger partial charge in [0.25, 0.3) is 0 Å². The SMILES string of the molecule is O=C1NC(=Nc2ccccc2Cl)S[C@@H]1Cc1ccccc1. The quantitative estimate of drug-likeness (QED) is 0.935. The molecule has 0 aromatic heterocycles. The number of nitrogens with one attached hydrogen (secondary N) is 1. The number of nitrogens with zero attached hydrogens (tertiary/aromatic N) is 1. The van der Waals surface area contributed by atoms with E-state index >= 15 is 0 Å². The van der Waals surface area contributed by atoms with E-state index in [2.05, 4.69) is 10.3 Å². The minimum Gasteiger partial charge on any atom is -0.304 e. The molecule has 0 radical (unpaired) electrons. The molecule has 2 aromatic rings. The highest BCUT2D eigenvalue weighted by molar-refractivity contribution is 8.15. The standard InChI is InChI=1S/C16H13ClN2OS/c17-12-8-4-5-9-13(12)18-16-19-15(20)14(21-16)10-11-6-2-1-3-7-11/h1-9,14H,10H2,(H,18,19,20)/t14-/m1/s1. The zero-order chi connectivity index (χ0) is 14.7. The number of hydrogen-bond donors (Lipinski definition) is 1. The summed E-state index contributed by atoms with van der Waals surface area (Å²) in [5.41, 5.74) is 1.81. The van der Waals surface area contributed by atoms with E-state index in [1.807, 2.05) is 48.5 Å². The third kappa shape index (κ3) is 3.46. The van der Waals surface area contributed by atoms with Gasteiger partial charge in [-0.3, -0.25) is 4.79 Å². The van der Waals surface area contributed by atoms with Crippen LogP contribution in [0.1, 0.15) is 5.56 Å². The Morgan fingerprint density at radius 1 is 1.10 bits per heavy atom. The van der Waals surface area contributed by atoms with Crippen molar-refractivity contribution < 1.29 is 4.79 Å². The maximum Gasteiger partial charge on any atom is 0.239 e. The van der Waals surface area contributed by atoms with Crippen molar-refractivity contribution in [1.29, 1.82) is 0 Å². The first kappa shape index (κ1) is 14.2. The number of halogens is 1. The smallest absolute Gasteiger partial charge is 0.239 e. The van der Waals surface area contributed by atoms with Crippen LogP contribution in [0.15, 0.2) is 59.6 Å². The molecule has 1 fully saturated rings. The van der Waals surface area contributed by atoms with Gasteiger partial charge < -0.3 is 5.32 Å². The van der Waals surface area contributed by atoms with Crippen molar-refractivity contribution in [3.63, 3.8) is 0 Å². The van der Waals surface area contributed by atoms with Gasteiger partial charge in [0.05, 0.1) is 16.0 Å². The number of amides is 1. The van der Waals surface area contributed by atoms with Crippen LogP contribution in [0.25, 0.3) is 0 Å². The van der Waals surface area contributed by atoms with E-state index in [1.54, 1.807) is 6.07 Å². The lowest BCUT2D eigenvalue weighted by molar-refractivity contribution is -0.118. The second kappa shape index (κ2) is 6.33. The van der Waals surface area contributed by atoms with Crippen molar-refractivity contribution in [2.24, 2.45) is 4.99 Å². The van der Waals surface area contributed by atoms with Crippen LogP contribution in [0.4, 0.5) is 5.69 Å². The number of thioether (sulfide) groups is 1. The van der Waals surface area contributed by atoms with E-state index in [0.29, 0.717) is 22.3 Å². The molecule has 3 rings (SSSR count). The predicted octanol–water partition coefficient (Wildman–Crippen LogP) is 3.80. The van der Waals surface area contributed by atoms with E-state index in [1.165, 1.54) is 11.8 Å². The van der Waals surface area contributed by atoms with Gasteiger partial charge in [-0.05, 0) is 24.1 Å². The van der Waals surface area contributed by atoms with Gasteiger partial charge in [0, 0.05) is 0 Å². The van der Waals surface area contributed by atoms with Crippen molar-refractivity contribution >= 4 is 40.1 Å². The molecule has 3 nitrogen and oxygen atoms in total. The second-order valence-corrected chi connectivity index (χ2v) is 6.25.